The van der Waals surface area contributed by atoms with E-state index in [0.29, 0.717) is 4.57 Å². The molecule has 0 amide bonds. The fraction of sp³-hybridized carbons (Fsp3) is 0.143. The quantitative estimate of drug-likeness (QED) is 0.595. The lowest BCUT2D eigenvalue weighted by molar-refractivity contribution is 1.43. The number of hydrogen-bond donors (Lipinski definition) is 0. The van der Waals surface area contributed by atoms with Gasteiger partial charge in [-0.2, -0.15) is 0 Å². The molecule has 0 saturated carbocycles. The van der Waals surface area contributed by atoms with Gasteiger partial charge in [0.05, 0.1) is 0 Å². The van der Waals surface area contributed by atoms with Gasteiger partial charge in [-0.15, -0.1) is 0 Å². The molecule has 0 nitrogen and oxygen atoms in total. The van der Waals surface area contributed by atoms with Crippen LogP contribution in [0.2, 0.25) is 0 Å². The second kappa shape index (κ2) is 5.61. The van der Waals surface area contributed by atoms with Crippen molar-refractivity contribution in [2.24, 2.45) is 0 Å². The molecule has 82 valence electrons. The van der Waals surface area contributed by atoms with E-state index in [9.17, 15) is 0 Å². The number of halogens is 1. The Balaban J connectivity index is 2.40. The van der Waals surface area contributed by atoms with Crippen molar-refractivity contribution in [3.8, 4) is 0 Å². The van der Waals surface area contributed by atoms with E-state index in [1.54, 1.807) is 0 Å². The summed E-state index contributed by atoms with van der Waals surface area (Å²) in [7, 11) is -0.293. The van der Waals surface area contributed by atoms with Crippen molar-refractivity contribution in [1.82, 2.24) is 0 Å². The molecule has 2 aromatic carbocycles. The molecule has 0 bridgehead atoms. The zero-order valence-corrected chi connectivity index (χ0v) is 11.7. The fourth-order valence-corrected chi connectivity index (χ4v) is 5.26. The zero-order valence-electron chi connectivity index (χ0n) is 9.18. The van der Waals surface area contributed by atoms with E-state index >= 15 is 0 Å². The number of benzene rings is 2. The molecule has 16 heavy (non-hydrogen) atoms. The first-order valence-corrected chi connectivity index (χ1v) is 7.65. The Morgan fingerprint density at radius 3 is 1.50 bits per heavy atom. The molecule has 2 heteroatoms. The summed E-state index contributed by atoms with van der Waals surface area (Å²) in [5.74, 6) is 0. The number of alkyl halides is 1. The predicted octanol–water partition coefficient (Wildman–Crippen LogP) is 3.86. The van der Waals surface area contributed by atoms with Crippen molar-refractivity contribution < 1.29 is 0 Å². The molecular formula is C14H14BrP. The van der Waals surface area contributed by atoms with Crippen LogP contribution in [-0.4, -0.2) is 4.57 Å². The van der Waals surface area contributed by atoms with Crippen LogP contribution in [0.1, 0.15) is 6.92 Å². The highest BCUT2D eigenvalue weighted by Gasteiger charge is 2.17. The Labute approximate surface area is 107 Å². The third-order valence-corrected chi connectivity index (χ3v) is 6.07. The van der Waals surface area contributed by atoms with Gasteiger partial charge >= 0.3 is 0 Å². The summed E-state index contributed by atoms with van der Waals surface area (Å²) in [4.78, 5) is 0. The average molecular weight is 293 g/mol. The Morgan fingerprint density at radius 1 is 0.812 bits per heavy atom. The van der Waals surface area contributed by atoms with Gasteiger partial charge in [-0.05, 0) is 25.5 Å². The van der Waals surface area contributed by atoms with Crippen LogP contribution in [0.4, 0.5) is 0 Å². The van der Waals surface area contributed by atoms with E-state index in [1.807, 2.05) is 0 Å². The highest BCUT2D eigenvalue weighted by Crippen LogP contribution is 2.42. The Hall–Kier alpha value is -0.650. The highest BCUT2D eigenvalue weighted by atomic mass is 79.9. The monoisotopic (exact) mass is 292 g/mol. The Kier molecular flexibility index (Phi) is 4.15. The van der Waals surface area contributed by atoms with Gasteiger partial charge in [-0.3, -0.25) is 0 Å². The maximum Gasteiger partial charge on any atom is 0.0399 e. The van der Waals surface area contributed by atoms with Gasteiger partial charge in [0.2, 0.25) is 0 Å². The number of hydrogen-bond acceptors (Lipinski definition) is 0. The minimum Gasteiger partial charge on any atom is -0.0836 e. The summed E-state index contributed by atoms with van der Waals surface area (Å²) in [6.07, 6.45) is 0. The summed E-state index contributed by atoms with van der Waals surface area (Å²) in [5.41, 5.74) is 0. The van der Waals surface area contributed by atoms with Crippen LogP contribution < -0.4 is 10.6 Å². The van der Waals surface area contributed by atoms with E-state index in [4.69, 9.17) is 0 Å². The van der Waals surface area contributed by atoms with Crippen molar-refractivity contribution in [2.75, 3.05) is 0 Å². The summed E-state index contributed by atoms with van der Waals surface area (Å²) >= 11 is 3.74. The molecular weight excluding hydrogens is 279 g/mol. The summed E-state index contributed by atoms with van der Waals surface area (Å²) in [5, 5.41) is 2.85. The van der Waals surface area contributed by atoms with Crippen LogP contribution in [0.15, 0.2) is 60.7 Å². The summed E-state index contributed by atoms with van der Waals surface area (Å²) < 4.78 is 0.493. The topological polar surface area (TPSA) is 0 Å². The second-order valence-corrected chi connectivity index (χ2v) is 8.24. The maximum atomic E-state index is 3.74. The van der Waals surface area contributed by atoms with Crippen LogP contribution in [0.3, 0.4) is 0 Å². The molecule has 0 heterocycles. The SMILES string of the molecule is CC(Br)P(c1ccccc1)c1ccccc1. The van der Waals surface area contributed by atoms with E-state index in [2.05, 4.69) is 83.5 Å². The largest absolute Gasteiger partial charge is 0.0836 e. The van der Waals surface area contributed by atoms with Gasteiger partial charge in [-0.1, -0.05) is 76.6 Å². The molecule has 1 atom stereocenters. The third kappa shape index (κ3) is 2.72. The molecule has 0 aliphatic carbocycles. The highest BCUT2D eigenvalue weighted by molar-refractivity contribution is 9.10. The molecule has 0 saturated heterocycles. The lowest BCUT2D eigenvalue weighted by Crippen LogP contribution is -2.15. The van der Waals surface area contributed by atoms with Gasteiger partial charge in [0.1, 0.15) is 0 Å². The van der Waals surface area contributed by atoms with Crippen LogP contribution in [0, 0.1) is 0 Å². The lowest BCUT2D eigenvalue weighted by Gasteiger charge is -2.21. The molecule has 0 aromatic heterocycles. The molecule has 0 radical (unpaired) electrons. The van der Waals surface area contributed by atoms with E-state index < -0.39 is 0 Å². The van der Waals surface area contributed by atoms with Gasteiger partial charge in [-0.25, -0.2) is 0 Å². The minimum atomic E-state index is -0.293. The van der Waals surface area contributed by atoms with Crippen LogP contribution >= 0.6 is 23.9 Å². The van der Waals surface area contributed by atoms with E-state index in [0.717, 1.165) is 0 Å². The van der Waals surface area contributed by atoms with Crippen molar-refractivity contribution in [3.05, 3.63) is 60.7 Å². The third-order valence-electron chi connectivity index (χ3n) is 2.42. The smallest absolute Gasteiger partial charge is 0.0399 e. The van der Waals surface area contributed by atoms with Crippen molar-refractivity contribution in [1.29, 1.82) is 0 Å². The molecule has 0 aliphatic rings. The zero-order chi connectivity index (χ0) is 11.4. The van der Waals surface area contributed by atoms with Crippen LogP contribution in [0.25, 0.3) is 0 Å². The van der Waals surface area contributed by atoms with Gasteiger partial charge in [0, 0.05) is 4.57 Å². The van der Waals surface area contributed by atoms with Crippen molar-refractivity contribution in [3.63, 3.8) is 0 Å². The predicted molar refractivity (Wildman–Crippen MR) is 77.5 cm³/mol. The van der Waals surface area contributed by atoms with Crippen LogP contribution in [0.5, 0.6) is 0 Å². The molecule has 0 spiro atoms. The summed E-state index contributed by atoms with van der Waals surface area (Å²) in [6, 6.07) is 21.5. The van der Waals surface area contributed by atoms with Gasteiger partial charge in [0.15, 0.2) is 0 Å². The van der Waals surface area contributed by atoms with Gasteiger partial charge < -0.3 is 0 Å². The maximum absolute atomic E-state index is 3.74. The van der Waals surface area contributed by atoms with Crippen LogP contribution in [-0.2, 0) is 0 Å². The lowest BCUT2D eigenvalue weighted by atomic mass is 10.4. The molecule has 0 N–H and O–H groups in total. The van der Waals surface area contributed by atoms with Gasteiger partial charge in [0.25, 0.3) is 0 Å². The average Bonchev–Trinajstić information content (AvgIpc) is 2.31. The fourth-order valence-electron chi connectivity index (χ4n) is 1.74. The molecule has 2 aromatic rings. The number of rotatable bonds is 3. The summed E-state index contributed by atoms with van der Waals surface area (Å²) in [6.45, 7) is 2.23. The first-order chi connectivity index (χ1) is 7.79. The first kappa shape index (κ1) is 11.8. The van der Waals surface area contributed by atoms with Crippen molar-refractivity contribution >= 4 is 34.5 Å². The first-order valence-electron chi connectivity index (χ1n) is 5.32. The molecule has 0 fully saturated rings. The normalized spacial score (nSPS) is 12.7. The minimum absolute atomic E-state index is 0.293. The van der Waals surface area contributed by atoms with Crippen molar-refractivity contribution in [2.45, 2.75) is 11.5 Å². The van der Waals surface area contributed by atoms with E-state index in [-0.39, 0.29) is 7.92 Å². The Morgan fingerprint density at radius 2 is 1.19 bits per heavy atom. The van der Waals surface area contributed by atoms with E-state index in [1.165, 1.54) is 10.6 Å². The Bertz CT molecular complexity index is 386. The second-order valence-electron chi connectivity index (χ2n) is 3.62. The molecule has 0 aliphatic heterocycles. The molecule has 2 rings (SSSR count). The standard InChI is InChI=1S/C14H14BrP/c1-12(15)16(13-8-4-2-5-9-13)14-10-6-3-7-11-14/h2-12H,1H3. The molecule has 1 unspecified atom stereocenters.